The minimum Gasteiger partial charge on any atom is -0.274 e. The summed E-state index contributed by atoms with van der Waals surface area (Å²) in [5.74, 6) is 0. The zero-order chi connectivity index (χ0) is 14.6. The molecule has 0 aliphatic carbocycles. The Hall–Kier alpha value is -1.96. The molecular weight excluding hydrogens is 304 g/mol. The highest BCUT2D eigenvalue weighted by Crippen LogP contribution is 2.41. The normalized spacial score (nSPS) is 10.3. The van der Waals surface area contributed by atoms with Crippen molar-refractivity contribution >= 4 is 34.6 Å². The van der Waals surface area contributed by atoms with Gasteiger partial charge in [0.25, 0.3) is 0 Å². The molecule has 0 aliphatic rings. The molecule has 0 bridgehead atoms. The minimum absolute atomic E-state index is 0.122. The van der Waals surface area contributed by atoms with Gasteiger partial charge < -0.3 is 0 Å². The van der Waals surface area contributed by atoms with Crippen LogP contribution in [0, 0.1) is 22.7 Å². The second-order valence-corrected chi connectivity index (χ2v) is 3.86. The van der Waals surface area contributed by atoms with Gasteiger partial charge >= 0.3 is 6.18 Å². The van der Waals surface area contributed by atoms with Gasteiger partial charge in [-0.1, -0.05) is 23.2 Å². The van der Waals surface area contributed by atoms with Gasteiger partial charge in [0.15, 0.2) is 0 Å². The van der Waals surface area contributed by atoms with Crippen molar-refractivity contribution in [1.29, 1.82) is 10.5 Å². The molecule has 1 aromatic carbocycles. The van der Waals surface area contributed by atoms with E-state index in [1.807, 2.05) is 5.43 Å². The van der Waals surface area contributed by atoms with E-state index in [-0.39, 0.29) is 5.02 Å². The van der Waals surface area contributed by atoms with E-state index >= 15 is 0 Å². The molecule has 0 saturated carbocycles. The van der Waals surface area contributed by atoms with Gasteiger partial charge in [-0.05, 0) is 12.1 Å². The highest BCUT2D eigenvalue weighted by molar-refractivity contribution is 6.43. The Morgan fingerprint density at radius 3 is 2.26 bits per heavy atom. The van der Waals surface area contributed by atoms with E-state index in [4.69, 9.17) is 33.7 Å². The number of alkyl halides is 3. The maximum Gasteiger partial charge on any atom is 0.418 e. The molecule has 0 aromatic heterocycles. The maximum absolute atomic E-state index is 12.7. The summed E-state index contributed by atoms with van der Waals surface area (Å²) in [6, 6.07) is 4.46. The Balaban J connectivity index is 3.34. The van der Waals surface area contributed by atoms with E-state index in [1.165, 1.54) is 12.1 Å². The van der Waals surface area contributed by atoms with Gasteiger partial charge in [0.2, 0.25) is 5.71 Å². The molecule has 0 atom stereocenters. The van der Waals surface area contributed by atoms with Gasteiger partial charge in [-0.3, -0.25) is 5.43 Å². The third-order valence-electron chi connectivity index (χ3n) is 1.89. The van der Waals surface area contributed by atoms with E-state index in [2.05, 4.69) is 5.10 Å². The fourth-order valence-corrected chi connectivity index (χ4v) is 1.45. The van der Waals surface area contributed by atoms with Crippen LogP contribution < -0.4 is 5.43 Å². The van der Waals surface area contributed by atoms with Crippen LogP contribution in [-0.4, -0.2) is 5.71 Å². The molecule has 0 spiro atoms. The summed E-state index contributed by atoms with van der Waals surface area (Å²) < 4.78 is 38.2. The third kappa shape index (κ3) is 3.50. The Bertz CT molecular complexity index is 595. The molecule has 1 rings (SSSR count). The number of rotatable bonds is 2. The van der Waals surface area contributed by atoms with Gasteiger partial charge in [0.05, 0.1) is 21.3 Å². The van der Waals surface area contributed by atoms with Gasteiger partial charge in [0.1, 0.15) is 12.1 Å². The molecule has 0 aliphatic heterocycles. The standard InChI is InChI=1S/C10H3Cl2F3N4/c11-7-2-1-6(10(13,14)15)9(8(7)12)19-18-5(3-16)4-17/h1-2,19H. The number of hydrazone groups is 1. The first-order chi connectivity index (χ1) is 8.81. The first kappa shape index (κ1) is 15.1. The summed E-state index contributed by atoms with van der Waals surface area (Å²) in [6.07, 6.45) is -4.69. The van der Waals surface area contributed by atoms with Crippen LogP contribution in [0.3, 0.4) is 0 Å². The van der Waals surface area contributed by atoms with Crippen molar-refractivity contribution in [2.75, 3.05) is 5.43 Å². The first-order valence-electron chi connectivity index (χ1n) is 4.50. The molecule has 98 valence electrons. The van der Waals surface area contributed by atoms with Crippen LogP contribution in [-0.2, 0) is 6.18 Å². The van der Waals surface area contributed by atoms with Crippen molar-refractivity contribution in [2.24, 2.45) is 5.10 Å². The quantitative estimate of drug-likeness (QED) is 0.666. The largest absolute Gasteiger partial charge is 0.418 e. The molecule has 0 heterocycles. The molecule has 19 heavy (non-hydrogen) atoms. The summed E-state index contributed by atoms with van der Waals surface area (Å²) >= 11 is 11.2. The van der Waals surface area contributed by atoms with Crippen LogP contribution in [0.4, 0.5) is 18.9 Å². The van der Waals surface area contributed by atoms with E-state index in [1.54, 1.807) is 0 Å². The lowest BCUT2D eigenvalue weighted by Gasteiger charge is -2.14. The van der Waals surface area contributed by atoms with Crippen LogP contribution in [0.1, 0.15) is 5.56 Å². The second kappa shape index (κ2) is 5.79. The fraction of sp³-hybridized carbons (Fsp3) is 0.100. The number of hydrogen-bond acceptors (Lipinski definition) is 4. The van der Waals surface area contributed by atoms with Crippen LogP contribution in [0.25, 0.3) is 0 Å². The van der Waals surface area contributed by atoms with Gasteiger partial charge in [-0.15, -0.1) is 0 Å². The molecular formula is C10H3Cl2F3N4. The Morgan fingerprint density at radius 1 is 1.21 bits per heavy atom. The molecule has 0 fully saturated rings. The van der Waals surface area contributed by atoms with Crippen molar-refractivity contribution in [3.05, 3.63) is 27.7 Å². The maximum atomic E-state index is 12.7. The smallest absolute Gasteiger partial charge is 0.274 e. The zero-order valence-corrected chi connectivity index (χ0v) is 10.4. The SMILES string of the molecule is N#CC(C#N)=NNc1c(C(F)(F)F)ccc(Cl)c1Cl. The summed E-state index contributed by atoms with van der Waals surface area (Å²) in [6.45, 7) is 0. The fourth-order valence-electron chi connectivity index (χ4n) is 1.08. The van der Waals surface area contributed by atoms with E-state index in [0.717, 1.165) is 6.07 Å². The molecule has 0 unspecified atom stereocenters. The van der Waals surface area contributed by atoms with Crippen LogP contribution in [0.2, 0.25) is 10.0 Å². The number of anilines is 1. The van der Waals surface area contributed by atoms with E-state index in [0.29, 0.717) is 6.07 Å². The number of nitrogens with one attached hydrogen (secondary N) is 1. The van der Waals surface area contributed by atoms with E-state index < -0.39 is 28.2 Å². The average Bonchev–Trinajstić information content (AvgIpc) is 2.33. The average molecular weight is 307 g/mol. The predicted molar refractivity (Wildman–Crippen MR) is 63.7 cm³/mol. The monoisotopic (exact) mass is 306 g/mol. The highest BCUT2D eigenvalue weighted by Gasteiger charge is 2.35. The molecule has 4 nitrogen and oxygen atoms in total. The van der Waals surface area contributed by atoms with Crippen LogP contribution in [0.5, 0.6) is 0 Å². The lowest BCUT2D eigenvalue weighted by molar-refractivity contribution is -0.136. The van der Waals surface area contributed by atoms with Gasteiger partial charge in [-0.25, -0.2) is 0 Å². The number of halogens is 5. The minimum atomic E-state index is -4.69. The summed E-state index contributed by atoms with van der Waals surface area (Å²) in [7, 11) is 0. The van der Waals surface area contributed by atoms with Crippen LogP contribution in [0.15, 0.2) is 17.2 Å². The molecule has 9 heteroatoms. The Morgan fingerprint density at radius 2 is 1.79 bits per heavy atom. The van der Waals surface area contributed by atoms with Crippen molar-refractivity contribution in [1.82, 2.24) is 0 Å². The topological polar surface area (TPSA) is 72.0 Å². The molecule has 0 amide bonds. The van der Waals surface area contributed by atoms with Crippen molar-refractivity contribution in [3.8, 4) is 12.1 Å². The first-order valence-corrected chi connectivity index (χ1v) is 5.26. The number of nitrogens with zero attached hydrogens (tertiary/aromatic N) is 3. The Labute approximate surface area is 115 Å². The summed E-state index contributed by atoms with van der Waals surface area (Å²) in [5.41, 5.74) is -0.442. The Kier molecular flexibility index (Phi) is 4.60. The van der Waals surface area contributed by atoms with Gasteiger partial charge in [-0.2, -0.15) is 28.8 Å². The van der Waals surface area contributed by atoms with Gasteiger partial charge in [0, 0.05) is 0 Å². The summed E-state index contributed by atoms with van der Waals surface area (Å²) in [5, 5.41) is 19.5. The third-order valence-corrected chi connectivity index (χ3v) is 2.70. The lowest BCUT2D eigenvalue weighted by atomic mass is 10.1. The highest BCUT2D eigenvalue weighted by atomic mass is 35.5. The van der Waals surface area contributed by atoms with Crippen molar-refractivity contribution in [3.63, 3.8) is 0 Å². The molecule has 0 saturated heterocycles. The van der Waals surface area contributed by atoms with Crippen molar-refractivity contribution < 1.29 is 13.2 Å². The molecule has 0 radical (unpaired) electrons. The van der Waals surface area contributed by atoms with Crippen molar-refractivity contribution in [2.45, 2.75) is 6.18 Å². The number of benzene rings is 1. The summed E-state index contributed by atoms with van der Waals surface area (Å²) in [4.78, 5) is 0. The second-order valence-electron chi connectivity index (χ2n) is 3.08. The number of nitriles is 2. The van der Waals surface area contributed by atoms with E-state index in [9.17, 15) is 13.2 Å². The zero-order valence-electron chi connectivity index (χ0n) is 8.89. The molecule has 1 N–H and O–H groups in total. The lowest BCUT2D eigenvalue weighted by Crippen LogP contribution is -2.10. The number of hydrogen-bond donors (Lipinski definition) is 1. The molecule has 1 aromatic rings. The predicted octanol–water partition coefficient (Wildman–Crippen LogP) is 3.83. The van der Waals surface area contributed by atoms with Crippen LogP contribution >= 0.6 is 23.2 Å².